The molecule has 0 saturated heterocycles. The minimum atomic E-state index is -0.954. The Morgan fingerprint density at radius 2 is 2.08 bits per heavy atom. The molecule has 3 atom stereocenters. The molecule has 2 N–H and O–H groups in total. The van der Waals surface area contributed by atoms with Gasteiger partial charge in [0.2, 0.25) is 0 Å². The fraction of sp³-hybridized carbons (Fsp3) is 0.636. The molecular weight excluding hydrogens is 313 g/mol. The quantitative estimate of drug-likeness (QED) is 0.355. The highest BCUT2D eigenvalue weighted by atomic mass is 19.1. The minimum Gasteiger partial charge on any atom is -0.495 e. The number of halogens is 1. The van der Waals surface area contributed by atoms with Crippen LogP contribution < -0.4 is 5.73 Å². The van der Waals surface area contributed by atoms with Crippen molar-refractivity contribution in [1.82, 2.24) is 0 Å². The fourth-order valence-corrected chi connectivity index (χ4v) is 3.12. The lowest BCUT2D eigenvalue weighted by Gasteiger charge is -2.21. The van der Waals surface area contributed by atoms with Crippen LogP contribution >= 0.6 is 0 Å². The Bertz CT molecular complexity index is 502. The first-order chi connectivity index (χ1) is 11.9. The first-order valence-electron chi connectivity index (χ1n) is 9.70. The van der Waals surface area contributed by atoms with Crippen molar-refractivity contribution in [3.05, 3.63) is 47.4 Å². The maximum absolute atomic E-state index is 12.8. The number of hydrogen-bond donors (Lipinski definition) is 1. The molecule has 3 unspecified atom stereocenters. The Morgan fingerprint density at radius 3 is 2.68 bits per heavy atom. The molecule has 0 amide bonds. The standard InChI is InChI=1S/C22H36FNO/c1-5-20(21-11-7-6-8-12-21)13-9-10-17(2)22(24)15-14-19(4)25-16-18(3)23/h6-7,11,14-15,17-18,20H,5,8-10,12-13,16,24H2,1-4H3/b19-14+,22-15-. The van der Waals surface area contributed by atoms with Gasteiger partial charge < -0.3 is 10.5 Å². The second kappa shape index (κ2) is 11.9. The summed E-state index contributed by atoms with van der Waals surface area (Å²) in [6.45, 7) is 7.86. The number of hydrogen-bond acceptors (Lipinski definition) is 2. The van der Waals surface area contributed by atoms with Crippen LogP contribution in [-0.4, -0.2) is 12.8 Å². The third kappa shape index (κ3) is 8.94. The highest BCUT2D eigenvalue weighted by molar-refractivity contribution is 5.20. The highest BCUT2D eigenvalue weighted by Crippen LogP contribution is 2.28. The highest BCUT2D eigenvalue weighted by Gasteiger charge is 2.14. The van der Waals surface area contributed by atoms with E-state index in [4.69, 9.17) is 10.5 Å². The Balaban J connectivity index is 2.40. The van der Waals surface area contributed by atoms with Crippen molar-refractivity contribution in [2.75, 3.05) is 6.61 Å². The molecule has 2 nitrogen and oxygen atoms in total. The van der Waals surface area contributed by atoms with E-state index < -0.39 is 6.17 Å². The molecule has 0 fully saturated rings. The van der Waals surface area contributed by atoms with Crippen LogP contribution in [0.25, 0.3) is 0 Å². The Labute approximate surface area is 153 Å². The topological polar surface area (TPSA) is 35.2 Å². The Kier molecular flexibility index (Phi) is 10.3. The van der Waals surface area contributed by atoms with Crippen LogP contribution in [0, 0.1) is 11.8 Å². The molecule has 0 aromatic heterocycles. The fourth-order valence-electron chi connectivity index (χ4n) is 3.12. The predicted molar refractivity (Wildman–Crippen MR) is 106 cm³/mol. The molecule has 0 saturated carbocycles. The summed E-state index contributed by atoms with van der Waals surface area (Å²) in [6.07, 6.45) is 16.7. The molecule has 25 heavy (non-hydrogen) atoms. The molecule has 0 heterocycles. The van der Waals surface area contributed by atoms with E-state index in [1.54, 1.807) is 5.57 Å². The summed E-state index contributed by atoms with van der Waals surface area (Å²) in [7, 11) is 0. The number of alkyl halides is 1. The third-order valence-corrected chi connectivity index (χ3v) is 4.87. The Morgan fingerprint density at radius 1 is 1.32 bits per heavy atom. The molecular formula is C22H36FNO. The molecule has 0 aromatic rings. The van der Waals surface area contributed by atoms with Gasteiger partial charge in [-0.25, -0.2) is 4.39 Å². The van der Waals surface area contributed by atoms with Gasteiger partial charge in [0.25, 0.3) is 0 Å². The van der Waals surface area contributed by atoms with E-state index in [1.165, 1.54) is 39.0 Å². The van der Waals surface area contributed by atoms with Crippen LogP contribution in [0.5, 0.6) is 0 Å². The van der Waals surface area contributed by atoms with Gasteiger partial charge in [0.05, 0.1) is 5.76 Å². The van der Waals surface area contributed by atoms with Gasteiger partial charge in [0, 0.05) is 5.70 Å². The second-order valence-corrected chi connectivity index (χ2v) is 7.18. The van der Waals surface area contributed by atoms with Crippen molar-refractivity contribution in [3.63, 3.8) is 0 Å². The van der Waals surface area contributed by atoms with Crippen LogP contribution in [0.15, 0.2) is 47.4 Å². The maximum Gasteiger partial charge on any atom is 0.131 e. The van der Waals surface area contributed by atoms with Crippen LogP contribution in [0.2, 0.25) is 0 Å². The molecule has 3 heteroatoms. The number of rotatable bonds is 11. The van der Waals surface area contributed by atoms with Crippen LogP contribution in [0.4, 0.5) is 4.39 Å². The summed E-state index contributed by atoms with van der Waals surface area (Å²) in [5.74, 6) is 1.76. The lowest BCUT2D eigenvalue weighted by atomic mass is 9.85. The first kappa shape index (κ1) is 21.5. The molecule has 0 spiro atoms. The first-order valence-corrected chi connectivity index (χ1v) is 9.70. The molecule has 0 bridgehead atoms. The van der Waals surface area contributed by atoms with E-state index in [-0.39, 0.29) is 6.61 Å². The van der Waals surface area contributed by atoms with Crippen molar-refractivity contribution in [3.8, 4) is 0 Å². The number of allylic oxidation sites excluding steroid dienone is 8. The summed E-state index contributed by atoms with van der Waals surface area (Å²) in [6, 6.07) is 0. The lowest BCUT2D eigenvalue weighted by molar-refractivity contribution is 0.145. The van der Waals surface area contributed by atoms with E-state index in [0.717, 1.165) is 12.1 Å². The maximum atomic E-state index is 12.8. The van der Waals surface area contributed by atoms with Gasteiger partial charge >= 0.3 is 0 Å². The van der Waals surface area contributed by atoms with Gasteiger partial charge in [-0.1, -0.05) is 44.1 Å². The summed E-state index contributed by atoms with van der Waals surface area (Å²) >= 11 is 0. The summed E-state index contributed by atoms with van der Waals surface area (Å²) < 4.78 is 18.1. The van der Waals surface area contributed by atoms with Gasteiger partial charge in [0.1, 0.15) is 12.8 Å². The largest absolute Gasteiger partial charge is 0.495 e. The zero-order valence-corrected chi connectivity index (χ0v) is 16.4. The van der Waals surface area contributed by atoms with Gasteiger partial charge in [-0.05, 0) is 69.9 Å². The van der Waals surface area contributed by atoms with Crippen molar-refractivity contribution >= 4 is 0 Å². The molecule has 142 valence electrons. The van der Waals surface area contributed by atoms with E-state index in [1.807, 2.05) is 19.1 Å². The Hall–Kier alpha value is -1.51. The van der Waals surface area contributed by atoms with E-state index in [9.17, 15) is 4.39 Å². The summed E-state index contributed by atoms with van der Waals surface area (Å²) in [4.78, 5) is 0. The summed E-state index contributed by atoms with van der Waals surface area (Å²) in [5.41, 5.74) is 8.66. The normalized spacial score (nSPS) is 19.3. The molecule has 0 aliphatic heterocycles. The smallest absolute Gasteiger partial charge is 0.131 e. The van der Waals surface area contributed by atoms with Crippen LogP contribution in [0.3, 0.4) is 0 Å². The minimum absolute atomic E-state index is 0.0923. The molecule has 1 rings (SSSR count). The van der Waals surface area contributed by atoms with Crippen molar-refractivity contribution in [2.45, 2.75) is 72.4 Å². The van der Waals surface area contributed by atoms with Crippen molar-refractivity contribution in [2.24, 2.45) is 17.6 Å². The zero-order valence-electron chi connectivity index (χ0n) is 16.4. The molecule has 1 aliphatic rings. The van der Waals surface area contributed by atoms with Crippen LogP contribution in [0.1, 0.15) is 66.2 Å². The lowest BCUT2D eigenvalue weighted by Crippen LogP contribution is -2.10. The van der Waals surface area contributed by atoms with Gasteiger partial charge in [0.15, 0.2) is 0 Å². The van der Waals surface area contributed by atoms with Gasteiger partial charge in [-0.15, -0.1) is 0 Å². The molecule has 1 aliphatic carbocycles. The predicted octanol–water partition coefficient (Wildman–Crippen LogP) is 6.22. The average Bonchev–Trinajstić information content (AvgIpc) is 2.62. The van der Waals surface area contributed by atoms with E-state index in [2.05, 4.69) is 32.1 Å². The van der Waals surface area contributed by atoms with Crippen LogP contribution in [-0.2, 0) is 4.74 Å². The van der Waals surface area contributed by atoms with Crippen molar-refractivity contribution < 1.29 is 9.13 Å². The van der Waals surface area contributed by atoms with E-state index in [0.29, 0.717) is 17.6 Å². The SMILES string of the molecule is CCC(CCCC(C)/C(N)=C/C=C(\C)OCC(C)F)C1=CC=CCC1. The average molecular weight is 350 g/mol. The van der Waals surface area contributed by atoms with E-state index >= 15 is 0 Å². The van der Waals surface area contributed by atoms with Gasteiger partial charge in [-0.2, -0.15) is 0 Å². The van der Waals surface area contributed by atoms with Gasteiger partial charge in [-0.3, -0.25) is 0 Å². The molecule has 0 aromatic carbocycles. The van der Waals surface area contributed by atoms with Crippen molar-refractivity contribution in [1.29, 1.82) is 0 Å². The monoisotopic (exact) mass is 349 g/mol. The molecule has 0 radical (unpaired) electrons. The third-order valence-electron chi connectivity index (χ3n) is 4.87. The second-order valence-electron chi connectivity index (χ2n) is 7.18. The number of ether oxygens (including phenoxy) is 1. The number of nitrogens with two attached hydrogens (primary N) is 1. The zero-order chi connectivity index (χ0) is 18.7. The summed E-state index contributed by atoms with van der Waals surface area (Å²) in [5, 5.41) is 0.